The first kappa shape index (κ1) is 21.8. The Hall–Kier alpha value is -2.45. The number of hydrogen-bond acceptors (Lipinski definition) is 4. The van der Waals surface area contributed by atoms with Gasteiger partial charge in [0.05, 0.1) is 21.6 Å². The molecule has 10 heteroatoms. The van der Waals surface area contributed by atoms with Gasteiger partial charge in [-0.1, -0.05) is 55.0 Å². The molecule has 164 valence electrons. The lowest BCUT2D eigenvalue weighted by molar-refractivity contribution is -0.274. The Labute approximate surface area is 185 Å². The van der Waals surface area contributed by atoms with Gasteiger partial charge in [0, 0.05) is 11.1 Å². The zero-order valence-electron chi connectivity index (χ0n) is 16.2. The normalized spacial score (nSPS) is 14.9. The van der Waals surface area contributed by atoms with E-state index < -0.39 is 17.7 Å². The van der Waals surface area contributed by atoms with Crippen LogP contribution in [0.15, 0.2) is 41.5 Å². The lowest BCUT2D eigenvalue weighted by atomic mass is 9.97. The van der Waals surface area contributed by atoms with Gasteiger partial charge >= 0.3 is 6.36 Å². The van der Waals surface area contributed by atoms with E-state index in [1.807, 2.05) is 6.07 Å². The molecule has 31 heavy (non-hydrogen) atoms. The van der Waals surface area contributed by atoms with Crippen LogP contribution in [-0.4, -0.2) is 16.0 Å². The summed E-state index contributed by atoms with van der Waals surface area (Å²) in [5.74, 6) is -0.0274. The lowest BCUT2D eigenvalue weighted by Gasteiger charge is -2.17. The van der Waals surface area contributed by atoms with Crippen molar-refractivity contribution in [3.63, 3.8) is 0 Å². The first-order valence-electron chi connectivity index (χ1n) is 9.72. The highest BCUT2D eigenvalue weighted by molar-refractivity contribution is 6.35. The summed E-state index contributed by atoms with van der Waals surface area (Å²) in [5.41, 5.74) is 4.08. The van der Waals surface area contributed by atoms with Gasteiger partial charge in [-0.25, -0.2) is 9.66 Å². The Morgan fingerprint density at radius 3 is 2.61 bits per heavy atom. The largest absolute Gasteiger partial charge is 0.573 e. The molecule has 0 amide bonds. The molecule has 0 bridgehead atoms. The monoisotopic (exact) mass is 471 g/mol. The highest BCUT2D eigenvalue weighted by Gasteiger charge is 2.31. The number of nitrogens with zero attached hydrogens (tertiary/aromatic N) is 2. The number of anilines is 1. The minimum Gasteiger partial charge on any atom is -0.406 e. The highest BCUT2D eigenvalue weighted by Crippen LogP contribution is 2.32. The van der Waals surface area contributed by atoms with Gasteiger partial charge in [0.2, 0.25) is 0 Å². The summed E-state index contributed by atoms with van der Waals surface area (Å²) >= 11 is 12.2. The van der Waals surface area contributed by atoms with Crippen LogP contribution in [0.2, 0.25) is 10.0 Å². The third-order valence-corrected chi connectivity index (χ3v) is 5.84. The van der Waals surface area contributed by atoms with Gasteiger partial charge in [-0.05, 0) is 36.1 Å². The molecule has 1 aliphatic carbocycles. The number of alkyl halides is 3. The summed E-state index contributed by atoms with van der Waals surface area (Å²) in [6.07, 6.45) is 1.88. The number of nitrogens with one attached hydrogen (secondary N) is 1. The molecule has 0 atom stereocenters. The third-order valence-electron chi connectivity index (χ3n) is 5.32. The summed E-state index contributed by atoms with van der Waals surface area (Å²) in [4.78, 5) is 17.1. The smallest absolute Gasteiger partial charge is 0.406 e. The molecule has 1 fully saturated rings. The molecule has 0 aliphatic heterocycles. The predicted octanol–water partition coefficient (Wildman–Crippen LogP) is 6.21. The van der Waals surface area contributed by atoms with Crippen molar-refractivity contribution in [3.8, 4) is 5.75 Å². The molecule has 1 N–H and O–H groups in total. The van der Waals surface area contributed by atoms with Gasteiger partial charge in [-0.15, -0.1) is 13.2 Å². The number of rotatable bonds is 5. The molecule has 0 unspecified atom stereocenters. The van der Waals surface area contributed by atoms with Crippen molar-refractivity contribution in [2.45, 2.75) is 38.5 Å². The maximum absolute atomic E-state index is 13.0. The molecule has 1 aliphatic rings. The minimum atomic E-state index is -4.91. The van der Waals surface area contributed by atoms with Crippen LogP contribution < -0.4 is 15.7 Å². The first-order valence-corrected chi connectivity index (χ1v) is 10.5. The van der Waals surface area contributed by atoms with Crippen LogP contribution in [0, 0.1) is 5.92 Å². The summed E-state index contributed by atoms with van der Waals surface area (Å²) in [5, 5.41) is 0.259. The fourth-order valence-electron chi connectivity index (χ4n) is 3.92. The zero-order valence-corrected chi connectivity index (χ0v) is 17.7. The van der Waals surface area contributed by atoms with Gasteiger partial charge in [0.1, 0.15) is 12.1 Å². The first-order chi connectivity index (χ1) is 14.7. The second kappa shape index (κ2) is 8.59. The fraction of sp³-hybridized carbons (Fsp3) is 0.333. The number of ether oxygens (including phenoxy) is 1. The van der Waals surface area contributed by atoms with E-state index in [2.05, 4.69) is 15.1 Å². The quantitative estimate of drug-likeness (QED) is 0.480. The Morgan fingerprint density at radius 2 is 1.90 bits per heavy atom. The van der Waals surface area contributed by atoms with E-state index in [0.29, 0.717) is 16.6 Å². The van der Waals surface area contributed by atoms with E-state index in [-0.39, 0.29) is 15.9 Å². The Morgan fingerprint density at radius 1 is 1.16 bits per heavy atom. The Bertz CT molecular complexity index is 1170. The summed E-state index contributed by atoms with van der Waals surface area (Å²) < 4.78 is 42.8. The van der Waals surface area contributed by atoms with E-state index in [0.717, 1.165) is 41.6 Å². The van der Waals surface area contributed by atoms with Crippen LogP contribution >= 0.6 is 23.2 Å². The molecular weight excluding hydrogens is 454 g/mol. The fourth-order valence-corrected chi connectivity index (χ4v) is 4.35. The molecular formula is C21H18Cl2F3N3O2. The second-order valence-electron chi connectivity index (χ2n) is 7.54. The van der Waals surface area contributed by atoms with Crippen LogP contribution in [0.1, 0.15) is 31.2 Å². The zero-order chi connectivity index (χ0) is 22.2. The van der Waals surface area contributed by atoms with Crippen molar-refractivity contribution in [1.29, 1.82) is 0 Å². The molecule has 4 rings (SSSR count). The van der Waals surface area contributed by atoms with Crippen LogP contribution in [0.25, 0.3) is 10.9 Å². The summed E-state index contributed by atoms with van der Waals surface area (Å²) in [6.45, 7) is 0. The van der Waals surface area contributed by atoms with Gasteiger partial charge < -0.3 is 4.74 Å². The molecule has 0 spiro atoms. The molecule has 0 radical (unpaired) electrons. The van der Waals surface area contributed by atoms with Crippen LogP contribution in [-0.2, 0) is 6.42 Å². The number of aromatic nitrogens is 2. The summed E-state index contributed by atoms with van der Waals surface area (Å²) in [6, 6.07) is 7.35. The minimum absolute atomic E-state index is 0.0801. The molecule has 0 saturated heterocycles. The number of hydrogen-bond donors (Lipinski definition) is 1. The Balaban J connectivity index is 1.71. The topological polar surface area (TPSA) is 56.1 Å². The number of benzene rings is 2. The van der Waals surface area contributed by atoms with Crippen molar-refractivity contribution in [1.82, 2.24) is 9.66 Å². The summed E-state index contributed by atoms with van der Waals surface area (Å²) in [7, 11) is 0. The molecule has 1 aromatic heterocycles. The maximum atomic E-state index is 13.0. The molecule has 1 heterocycles. The van der Waals surface area contributed by atoms with Crippen LogP contribution in [0.3, 0.4) is 0 Å². The predicted molar refractivity (Wildman–Crippen MR) is 114 cm³/mol. The van der Waals surface area contributed by atoms with Gasteiger partial charge in [0.25, 0.3) is 5.56 Å². The van der Waals surface area contributed by atoms with Crippen molar-refractivity contribution in [2.24, 2.45) is 5.92 Å². The van der Waals surface area contributed by atoms with Crippen molar-refractivity contribution < 1.29 is 17.9 Å². The Kier molecular flexibility index (Phi) is 6.03. The highest BCUT2D eigenvalue weighted by atomic mass is 35.5. The van der Waals surface area contributed by atoms with Crippen LogP contribution in [0.4, 0.5) is 18.9 Å². The maximum Gasteiger partial charge on any atom is 0.573 e. The van der Waals surface area contributed by atoms with E-state index in [9.17, 15) is 18.0 Å². The molecule has 2 aromatic carbocycles. The molecule has 5 nitrogen and oxygen atoms in total. The van der Waals surface area contributed by atoms with Gasteiger partial charge in [-0.2, -0.15) is 0 Å². The van der Waals surface area contributed by atoms with Gasteiger partial charge in [0.15, 0.2) is 0 Å². The standard InChI is InChI=1S/C21H18Cl2F3N3O2/c22-14-6-5-13(7-12-3-1-2-4-12)18(8-14)28-29-11-27-19-16(20(29)30)9-15(10-17(19)23)31-21(24,25)26/h5-6,8-12,28H,1-4,7H2. The van der Waals surface area contributed by atoms with Gasteiger partial charge in [-0.3, -0.25) is 10.2 Å². The number of fused-ring (bicyclic) bond motifs is 1. The second-order valence-corrected chi connectivity index (χ2v) is 8.38. The van der Waals surface area contributed by atoms with Crippen LogP contribution in [0.5, 0.6) is 5.75 Å². The third kappa shape index (κ3) is 5.07. The van der Waals surface area contributed by atoms with Crippen molar-refractivity contribution in [3.05, 3.63) is 62.6 Å². The van der Waals surface area contributed by atoms with E-state index in [4.69, 9.17) is 23.2 Å². The lowest BCUT2D eigenvalue weighted by Crippen LogP contribution is -2.27. The number of halogens is 5. The van der Waals surface area contributed by atoms with E-state index in [1.165, 1.54) is 19.2 Å². The average Bonchev–Trinajstić information content (AvgIpc) is 3.18. The van der Waals surface area contributed by atoms with E-state index >= 15 is 0 Å². The van der Waals surface area contributed by atoms with E-state index in [1.54, 1.807) is 12.1 Å². The van der Waals surface area contributed by atoms with Crippen molar-refractivity contribution in [2.75, 3.05) is 5.43 Å². The SMILES string of the molecule is O=c1c2cc(OC(F)(F)F)cc(Cl)c2ncn1Nc1cc(Cl)ccc1CC1CCCC1. The average molecular weight is 472 g/mol. The molecule has 1 saturated carbocycles. The van der Waals surface area contributed by atoms with Crippen molar-refractivity contribution >= 4 is 39.8 Å². The molecule has 3 aromatic rings.